The SMILES string of the molecule is C[n+]1c([N+](=O)[O-])c[nH]c1/C=C/c1cccnc1. The van der Waals surface area contributed by atoms with E-state index in [2.05, 4.69) is 9.97 Å². The Morgan fingerprint density at radius 2 is 2.35 bits per heavy atom. The van der Waals surface area contributed by atoms with Gasteiger partial charge in [0, 0.05) is 23.4 Å². The van der Waals surface area contributed by atoms with Crippen LogP contribution in [-0.4, -0.2) is 14.9 Å². The number of rotatable bonds is 3. The van der Waals surface area contributed by atoms with E-state index in [0.717, 1.165) is 5.56 Å². The largest absolute Gasteiger partial charge is 0.434 e. The molecule has 0 aromatic carbocycles. The number of imidazole rings is 1. The van der Waals surface area contributed by atoms with E-state index in [9.17, 15) is 10.1 Å². The summed E-state index contributed by atoms with van der Waals surface area (Å²) in [6.45, 7) is 0. The van der Waals surface area contributed by atoms with Crippen LogP contribution in [0.1, 0.15) is 11.4 Å². The van der Waals surface area contributed by atoms with Crippen LogP contribution in [0.4, 0.5) is 5.82 Å². The third-order valence-corrected chi connectivity index (χ3v) is 2.36. The predicted molar refractivity (Wildman–Crippen MR) is 61.8 cm³/mol. The van der Waals surface area contributed by atoms with Crippen molar-refractivity contribution in [3.8, 4) is 0 Å². The van der Waals surface area contributed by atoms with Gasteiger partial charge in [-0.2, -0.15) is 0 Å². The minimum Gasteiger partial charge on any atom is -0.323 e. The Bertz CT molecular complexity index is 560. The van der Waals surface area contributed by atoms with Gasteiger partial charge in [0.2, 0.25) is 6.20 Å². The molecule has 0 aliphatic rings. The summed E-state index contributed by atoms with van der Waals surface area (Å²) < 4.78 is 1.48. The summed E-state index contributed by atoms with van der Waals surface area (Å²) in [6.07, 6.45) is 8.38. The van der Waals surface area contributed by atoms with Gasteiger partial charge in [-0.1, -0.05) is 6.07 Å². The van der Waals surface area contributed by atoms with Gasteiger partial charge >= 0.3 is 11.6 Å². The van der Waals surface area contributed by atoms with Crippen molar-refractivity contribution >= 4 is 18.0 Å². The molecule has 6 nitrogen and oxygen atoms in total. The first kappa shape index (κ1) is 11.0. The topological polar surface area (TPSA) is 75.7 Å². The first-order chi connectivity index (χ1) is 8.18. The van der Waals surface area contributed by atoms with E-state index < -0.39 is 4.92 Å². The molecule has 2 rings (SSSR count). The van der Waals surface area contributed by atoms with Crippen molar-refractivity contribution in [2.75, 3.05) is 0 Å². The first-order valence-corrected chi connectivity index (χ1v) is 4.98. The van der Waals surface area contributed by atoms with Crippen molar-refractivity contribution < 1.29 is 9.49 Å². The van der Waals surface area contributed by atoms with Crippen LogP contribution in [0.15, 0.2) is 30.7 Å². The van der Waals surface area contributed by atoms with Crippen molar-refractivity contribution in [3.05, 3.63) is 52.2 Å². The molecule has 0 saturated carbocycles. The van der Waals surface area contributed by atoms with E-state index in [1.54, 1.807) is 25.5 Å². The summed E-state index contributed by atoms with van der Waals surface area (Å²) >= 11 is 0. The summed E-state index contributed by atoms with van der Waals surface area (Å²) in [5.41, 5.74) is 0.935. The lowest BCUT2D eigenvalue weighted by atomic mass is 10.2. The van der Waals surface area contributed by atoms with Crippen LogP contribution < -0.4 is 4.57 Å². The van der Waals surface area contributed by atoms with Crippen molar-refractivity contribution in [1.29, 1.82) is 0 Å². The standard InChI is InChI=1S/C11H10N4O2/c1-14-10(13-8-11(14)15(16)17)5-4-9-3-2-6-12-7-9/h2-8H,1H3/p+1/b5-4+. The lowest BCUT2D eigenvalue weighted by Gasteiger charge is -1.89. The Balaban J connectivity index is 2.25. The van der Waals surface area contributed by atoms with Gasteiger partial charge in [-0.15, -0.1) is 4.57 Å². The number of pyridine rings is 1. The number of aromatic nitrogens is 3. The molecular formula is C11H11N4O2+. The highest BCUT2D eigenvalue weighted by atomic mass is 16.6. The molecule has 1 N–H and O–H groups in total. The van der Waals surface area contributed by atoms with Crippen LogP contribution in [0.2, 0.25) is 0 Å². The van der Waals surface area contributed by atoms with Gasteiger partial charge < -0.3 is 10.1 Å². The Morgan fingerprint density at radius 3 is 2.94 bits per heavy atom. The molecule has 2 aromatic rings. The molecule has 17 heavy (non-hydrogen) atoms. The van der Waals surface area contributed by atoms with Crippen molar-refractivity contribution in [3.63, 3.8) is 0 Å². The van der Waals surface area contributed by atoms with E-state index in [4.69, 9.17) is 0 Å². The fourth-order valence-corrected chi connectivity index (χ4v) is 1.44. The van der Waals surface area contributed by atoms with Crippen molar-refractivity contribution in [2.45, 2.75) is 0 Å². The molecule has 0 fully saturated rings. The molecule has 0 amide bonds. The van der Waals surface area contributed by atoms with Gasteiger partial charge in [-0.3, -0.25) is 4.98 Å². The molecular weight excluding hydrogens is 220 g/mol. The number of aromatic amines is 1. The van der Waals surface area contributed by atoms with E-state index >= 15 is 0 Å². The van der Waals surface area contributed by atoms with Gasteiger partial charge in [0.1, 0.15) is 7.05 Å². The number of nitrogens with one attached hydrogen (secondary N) is 1. The number of nitro groups is 1. The van der Waals surface area contributed by atoms with Gasteiger partial charge in [0.15, 0.2) is 0 Å². The molecule has 2 heterocycles. The summed E-state index contributed by atoms with van der Waals surface area (Å²) in [5.74, 6) is 0.677. The quantitative estimate of drug-likeness (QED) is 0.491. The van der Waals surface area contributed by atoms with Crippen LogP contribution in [0, 0.1) is 10.1 Å². The average Bonchev–Trinajstić information content (AvgIpc) is 2.69. The zero-order valence-electron chi connectivity index (χ0n) is 9.20. The van der Waals surface area contributed by atoms with E-state index in [1.165, 1.54) is 10.8 Å². The fraction of sp³-hybridized carbons (Fsp3) is 0.0909. The molecule has 6 heteroatoms. The Morgan fingerprint density at radius 1 is 1.53 bits per heavy atom. The third-order valence-electron chi connectivity index (χ3n) is 2.36. The molecule has 0 unspecified atom stereocenters. The lowest BCUT2D eigenvalue weighted by Crippen LogP contribution is -2.32. The minimum atomic E-state index is -0.433. The zero-order valence-corrected chi connectivity index (χ0v) is 9.20. The maximum atomic E-state index is 10.6. The van der Waals surface area contributed by atoms with E-state index in [1.807, 2.05) is 18.2 Å². The highest BCUT2D eigenvalue weighted by Gasteiger charge is 2.20. The van der Waals surface area contributed by atoms with Gasteiger partial charge in [-0.05, 0) is 17.7 Å². The fourth-order valence-electron chi connectivity index (χ4n) is 1.44. The number of hydrogen-bond donors (Lipinski definition) is 1. The highest BCUT2D eigenvalue weighted by Crippen LogP contribution is 2.06. The Labute approximate surface area is 97.4 Å². The van der Waals surface area contributed by atoms with E-state index in [-0.39, 0.29) is 5.82 Å². The molecule has 0 bridgehead atoms. The van der Waals surface area contributed by atoms with E-state index in [0.29, 0.717) is 5.82 Å². The summed E-state index contributed by atoms with van der Waals surface area (Å²) in [5, 5.41) is 10.6. The summed E-state index contributed by atoms with van der Waals surface area (Å²) in [6, 6.07) is 3.73. The molecule has 86 valence electrons. The molecule has 0 spiro atoms. The average molecular weight is 231 g/mol. The molecule has 2 aromatic heterocycles. The molecule has 0 saturated heterocycles. The lowest BCUT2D eigenvalue weighted by molar-refractivity contribution is -0.715. The van der Waals surface area contributed by atoms with Gasteiger partial charge in [0.05, 0.1) is 0 Å². The normalized spacial score (nSPS) is 10.9. The van der Waals surface area contributed by atoms with Crippen molar-refractivity contribution in [2.24, 2.45) is 7.05 Å². The smallest absolute Gasteiger partial charge is 0.323 e. The second-order valence-corrected chi connectivity index (χ2v) is 3.47. The second-order valence-electron chi connectivity index (χ2n) is 3.47. The van der Waals surface area contributed by atoms with Crippen molar-refractivity contribution in [1.82, 2.24) is 9.97 Å². The first-order valence-electron chi connectivity index (χ1n) is 4.98. The van der Waals surface area contributed by atoms with Gasteiger partial charge in [-0.25, -0.2) is 4.98 Å². The predicted octanol–water partition coefficient (Wildman–Crippen LogP) is 1.31. The summed E-state index contributed by atoms with van der Waals surface area (Å²) in [7, 11) is 1.64. The van der Waals surface area contributed by atoms with Gasteiger partial charge in [0.25, 0.3) is 0 Å². The molecule has 0 aliphatic carbocycles. The maximum absolute atomic E-state index is 10.6. The van der Waals surface area contributed by atoms with Crippen LogP contribution in [0.5, 0.6) is 0 Å². The number of H-pyrrole nitrogens is 1. The second kappa shape index (κ2) is 4.56. The van der Waals surface area contributed by atoms with Crippen LogP contribution >= 0.6 is 0 Å². The maximum Gasteiger partial charge on any atom is 0.434 e. The van der Waals surface area contributed by atoms with Crippen LogP contribution in [-0.2, 0) is 7.05 Å². The molecule has 0 atom stereocenters. The highest BCUT2D eigenvalue weighted by molar-refractivity contribution is 5.65. The minimum absolute atomic E-state index is 0.0239. The van der Waals surface area contributed by atoms with Crippen LogP contribution in [0.3, 0.4) is 0 Å². The third kappa shape index (κ3) is 2.36. The summed E-state index contributed by atoms with van der Waals surface area (Å²) in [4.78, 5) is 17.0. The zero-order chi connectivity index (χ0) is 12.3. The molecule has 0 aliphatic heterocycles. The Hall–Kier alpha value is -2.50. The Kier molecular flexibility index (Phi) is 2.95. The van der Waals surface area contributed by atoms with Crippen LogP contribution in [0.25, 0.3) is 12.2 Å². The number of nitrogens with zero attached hydrogens (tertiary/aromatic N) is 3. The monoisotopic (exact) mass is 231 g/mol. The number of hydrogen-bond acceptors (Lipinski definition) is 3. The molecule has 0 radical (unpaired) electrons.